The second-order valence-corrected chi connectivity index (χ2v) is 7.77. The van der Waals surface area contributed by atoms with Gasteiger partial charge >= 0.3 is 6.18 Å². The van der Waals surface area contributed by atoms with E-state index in [-0.39, 0.29) is 0 Å². The predicted molar refractivity (Wildman–Crippen MR) is 94.8 cm³/mol. The highest BCUT2D eigenvalue weighted by molar-refractivity contribution is 9.10. The van der Waals surface area contributed by atoms with E-state index in [0.717, 1.165) is 10.0 Å². The van der Waals surface area contributed by atoms with E-state index in [0.29, 0.717) is 30.4 Å². The van der Waals surface area contributed by atoms with Gasteiger partial charge in [0.1, 0.15) is 0 Å². The summed E-state index contributed by atoms with van der Waals surface area (Å²) in [5, 5.41) is 23.4. The van der Waals surface area contributed by atoms with Crippen molar-refractivity contribution in [2.75, 3.05) is 6.54 Å². The standard InChI is InChI=1S/C17H21BrF3N3O2/c1-10-11(18)4-5-13-15(10)23-9-24(13)8-16(26,17(19,20)21)7-12-14(25)3-2-6-22-12/h4-5,9,12,14,22,25-26H,2-3,6-8H2,1H3/t12-,14+,16?/m1/s1. The minimum absolute atomic E-state index is 0.423. The van der Waals surface area contributed by atoms with Crippen LogP contribution in [-0.2, 0) is 6.54 Å². The number of fused-ring (bicyclic) bond motifs is 1. The van der Waals surface area contributed by atoms with Crippen LogP contribution in [-0.4, -0.2) is 50.2 Å². The maximum absolute atomic E-state index is 13.7. The highest BCUT2D eigenvalue weighted by Gasteiger charge is 2.55. The van der Waals surface area contributed by atoms with Gasteiger partial charge in [-0.05, 0) is 44.0 Å². The Balaban J connectivity index is 1.93. The molecule has 0 spiro atoms. The topological polar surface area (TPSA) is 70.3 Å². The van der Waals surface area contributed by atoms with Gasteiger partial charge in [-0.15, -0.1) is 0 Å². The van der Waals surface area contributed by atoms with Crippen LogP contribution in [0.1, 0.15) is 24.8 Å². The first-order valence-electron chi connectivity index (χ1n) is 8.43. The highest BCUT2D eigenvalue weighted by Crippen LogP contribution is 2.37. The third-order valence-electron chi connectivity index (χ3n) is 5.04. The van der Waals surface area contributed by atoms with Gasteiger partial charge in [0.05, 0.1) is 30.0 Å². The minimum Gasteiger partial charge on any atom is -0.392 e. The molecule has 2 heterocycles. The average molecular weight is 436 g/mol. The molecule has 144 valence electrons. The van der Waals surface area contributed by atoms with E-state index in [9.17, 15) is 23.4 Å². The number of aliphatic hydroxyl groups excluding tert-OH is 1. The smallest absolute Gasteiger partial charge is 0.392 e. The fourth-order valence-corrected chi connectivity index (χ4v) is 3.75. The maximum atomic E-state index is 13.7. The Morgan fingerprint density at radius 3 is 2.77 bits per heavy atom. The van der Waals surface area contributed by atoms with Crippen molar-refractivity contribution in [3.8, 4) is 0 Å². The van der Waals surface area contributed by atoms with Gasteiger partial charge in [0.15, 0.2) is 5.60 Å². The van der Waals surface area contributed by atoms with Crippen molar-refractivity contribution in [3.05, 3.63) is 28.5 Å². The van der Waals surface area contributed by atoms with E-state index >= 15 is 0 Å². The highest BCUT2D eigenvalue weighted by atomic mass is 79.9. The summed E-state index contributed by atoms with van der Waals surface area (Å²) in [6, 6.07) is 2.61. The van der Waals surface area contributed by atoms with Crippen molar-refractivity contribution in [1.82, 2.24) is 14.9 Å². The van der Waals surface area contributed by atoms with Crippen molar-refractivity contribution in [2.24, 2.45) is 0 Å². The zero-order chi connectivity index (χ0) is 19.1. The van der Waals surface area contributed by atoms with E-state index in [1.54, 1.807) is 12.1 Å². The first-order chi connectivity index (χ1) is 12.1. The Labute approximate surface area is 157 Å². The number of hydrogen-bond donors (Lipinski definition) is 3. The largest absolute Gasteiger partial charge is 0.419 e. The van der Waals surface area contributed by atoms with Crippen LogP contribution in [0.4, 0.5) is 13.2 Å². The van der Waals surface area contributed by atoms with E-state index in [2.05, 4.69) is 26.2 Å². The van der Waals surface area contributed by atoms with Gasteiger partial charge in [-0.2, -0.15) is 13.2 Å². The molecular formula is C17H21BrF3N3O2. The molecule has 2 aromatic rings. The van der Waals surface area contributed by atoms with E-state index in [1.807, 2.05) is 6.92 Å². The molecule has 0 radical (unpaired) electrons. The Hall–Kier alpha value is -1.16. The average Bonchev–Trinajstić information content (AvgIpc) is 2.95. The van der Waals surface area contributed by atoms with Crippen molar-refractivity contribution in [2.45, 2.75) is 56.7 Å². The molecule has 1 aliphatic rings. The lowest BCUT2D eigenvalue weighted by Gasteiger charge is -2.37. The second kappa shape index (κ2) is 7.10. The summed E-state index contributed by atoms with van der Waals surface area (Å²) in [5.41, 5.74) is -1.05. The third kappa shape index (κ3) is 3.62. The van der Waals surface area contributed by atoms with Gasteiger partial charge in [-0.3, -0.25) is 0 Å². The molecule has 1 fully saturated rings. The summed E-state index contributed by atoms with van der Waals surface area (Å²) in [6.45, 7) is 1.66. The molecule has 1 aliphatic heterocycles. The number of aliphatic hydroxyl groups is 2. The summed E-state index contributed by atoms with van der Waals surface area (Å²) in [4.78, 5) is 4.20. The zero-order valence-electron chi connectivity index (χ0n) is 14.2. The van der Waals surface area contributed by atoms with Gasteiger partial charge in [-0.25, -0.2) is 4.98 Å². The molecule has 1 unspecified atom stereocenters. The molecule has 26 heavy (non-hydrogen) atoms. The normalized spacial score (nSPS) is 24.0. The summed E-state index contributed by atoms with van der Waals surface area (Å²) < 4.78 is 43.3. The Morgan fingerprint density at radius 1 is 1.38 bits per heavy atom. The fourth-order valence-electron chi connectivity index (χ4n) is 3.43. The number of nitrogens with zero attached hydrogens (tertiary/aromatic N) is 2. The molecule has 3 N–H and O–H groups in total. The van der Waals surface area contributed by atoms with Crippen LogP contribution in [0.25, 0.3) is 11.0 Å². The van der Waals surface area contributed by atoms with Crippen LogP contribution in [0.2, 0.25) is 0 Å². The van der Waals surface area contributed by atoms with Gasteiger partial charge in [-0.1, -0.05) is 15.9 Å². The molecule has 0 amide bonds. The van der Waals surface area contributed by atoms with Gasteiger partial charge in [0.2, 0.25) is 0 Å². The molecule has 9 heteroatoms. The number of rotatable bonds is 4. The lowest BCUT2D eigenvalue weighted by molar-refractivity contribution is -0.270. The molecule has 0 bridgehead atoms. The molecule has 0 saturated carbocycles. The van der Waals surface area contributed by atoms with Crippen LogP contribution >= 0.6 is 15.9 Å². The Morgan fingerprint density at radius 2 is 2.12 bits per heavy atom. The third-order valence-corrected chi connectivity index (χ3v) is 5.90. The summed E-state index contributed by atoms with van der Waals surface area (Å²) in [6.07, 6.45) is -3.93. The molecule has 1 saturated heterocycles. The van der Waals surface area contributed by atoms with Crippen LogP contribution < -0.4 is 5.32 Å². The van der Waals surface area contributed by atoms with Crippen molar-refractivity contribution < 1.29 is 23.4 Å². The van der Waals surface area contributed by atoms with Gasteiger partial charge in [0, 0.05) is 16.9 Å². The lowest BCUT2D eigenvalue weighted by atomic mass is 9.88. The second-order valence-electron chi connectivity index (χ2n) is 6.92. The number of hydrogen-bond acceptors (Lipinski definition) is 4. The summed E-state index contributed by atoms with van der Waals surface area (Å²) >= 11 is 3.38. The van der Waals surface area contributed by atoms with E-state index in [4.69, 9.17) is 0 Å². The minimum atomic E-state index is -4.84. The number of aromatic nitrogens is 2. The van der Waals surface area contributed by atoms with E-state index < -0.39 is 36.9 Å². The van der Waals surface area contributed by atoms with E-state index in [1.165, 1.54) is 10.9 Å². The molecule has 1 aromatic heterocycles. The number of piperidine rings is 1. The Bertz CT molecular complexity index is 795. The summed E-state index contributed by atoms with van der Waals surface area (Å²) in [5.74, 6) is 0. The number of alkyl halides is 3. The molecule has 3 rings (SSSR count). The van der Waals surface area contributed by atoms with Crippen molar-refractivity contribution in [3.63, 3.8) is 0 Å². The number of benzene rings is 1. The van der Waals surface area contributed by atoms with Gasteiger partial charge in [0.25, 0.3) is 0 Å². The van der Waals surface area contributed by atoms with Crippen LogP contribution in [0.5, 0.6) is 0 Å². The monoisotopic (exact) mass is 435 g/mol. The fraction of sp³-hybridized carbons (Fsp3) is 0.588. The number of aryl methyl sites for hydroxylation is 1. The number of nitrogens with one attached hydrogen (secondary N) is 1. The van der Waals surface area contributed by atoms with Crippen LogP contribution in [0, 0.1) is 6.92 Å². The molecule has 0 aliphatic carbocycles. The van der Waals surface area contributed by atoms with Crippen molar-refractivity contribution >= 4 is 27.0 Å². The first kappa shape index (κ1) is 19.6. The van der Waals surface area contributed by atoms with Crippen molar-refractivity contribution in [1.29, 1.82) is 0 Å². The molecule has 1 aromatic carbocycles. The quantitative estimate of drug-likeness (QED) is 0.690. The Kier molecular flexibility index (Phi) is 5.35. The molecule has 5 nitrogen and oxygen atoms in total. The molecule has 3 atom stereocenters. The lowest BCUT2D eigenvalue weighted by Crippen LogP contribution is -2.56. The predicted octanol–water partition coefficient (Wildman–Crippen LogP) is 2.90. The van der Waals surface area contributed by atoms with Gasteiger partial charge < -0.3 is 20.1 Å². The SMILES string of the molecule is Cc1c(Br)ccc2c1ncn2CC(O)(C[C@H]1NCCC[C@@H]1O)C(F)(F)F. The van der Waals surface area contributed by atoms with Crippen LogP contribution in [0.15, 0.2) is 22.9 Å². The zero-order valence-corrected chi connectivity index (χ0v) is 15.8. The first-order valence-corrected chi connectivity index (χ1v) is 9.22. The number of imidazole rings is 1. The summed E-state index contributed by atoms with van der Waals surface area (Å²) in [7, 11) is 0. The maximum Gasteiger partial charge on any atom is 0.419 e. The molecular weight excluding hydrogens is 415 g/mol. The van der Waals surface area contributed by atoms with Crippen LogP contribution in [0.3, 0.4) is 0 Å². The number of halogens is 4.